The maximum absolute atomic E-state index is 14.1. The standard InChI is InChI=1S/C32H29N3O4S.C26H26N4O4.C23H24N4O4/c1-2-39-32(38)28-29(33-15-17-34(18-16-33)30(36)27-12-7-19-40-27)25-10-5-6-11-26(25)35(31(28)37)21-22-13-14-23-8-3-4-9-24(23)20-22;1-3-34-26(33)22-23(18-9-5-7-11-21(18)28(2)25(22)32)29-12-14-30(15-13-29)24(31)20-16-17-8-4-6-10-19(17)27-20;1-3-31-23(30)19-20(17-6-4-5-7-18(17)25(2)22(19)29)26-12-14-27(15-13-26)21(28)16-8-10-24-11-9-16/h3-14,19-20H,2,15-18,21H2,1H3;4-11,16,27H,3,12-15H2,1-2H3;4-11H,3,12-15H2,1-2H3. The predicted molar refractivity (Wildman–Crippen MR) is 409 cm³/mol. The summed E-state index contributed by atoms with van der Waals surface area (Å²) in [5, 5.41) is 7.54. The fourth-order valence-electron chi connectivity index (χ4n) is 14.2. The van der Waals surface area contributed by atoms with Crippen LogP contribution >= 0.6 is 11.3 Å². The highest BCUT2D eigenvalue weighted by molar-refractivity contribution is 7.12. The summed E-state index contributed by atoms with van der Waals surface area (Å²) in [6, 6.07) is 53.8. The number of hydrogen-bond acceptors (Lipinski definition) is 17. The Morgan fingerprint density at radius 2 is 0.857 bits per heavy atom. The Bertz CT molecular complexity index is 5440. The second kappa shape index (κ2) is 31.6. The molecule has 23 nitrogen and oxygen atoms in total. The molecule has 3 aliphatic rings. The molecule has 0 aliphatic carbocycles. The lowest BCUT2D eigenvalue weighted by molar-refractivity contribution is 0.0514. The molecular formula is C81H79N11O12S. The maximum Gasteiger partial charge on any atom is 0.345 e. The van der Waals surface area contributed by atoms with Gasteiger partial charge in [0.2, 0.25) is 0 Å². The van der Waals surface area contributed by atoms with Gasteiger partial charge in [0.05, 0.1) is 64.9 Å². The van der Waals surface area contributed by atoms with Gasteiger partial charge in [0, 0.05) is 138 Å². The summed E-state index contributed by atoms with van der Waals surface area (Å²) < 4.78 is 20.5. The van der Waals surface area contributed by atoms with Crippen LogP contribution < -0.4 is 31.4 Å². The van der Waals surface area contributed by atoms with E-state index in [1.165, 1.54) is 20.5 Å². The van der Waals surface area contributed by atoms with E-state index >= 15 is 0 Å². The third-order valence-electron chi connectivity index (χ3n) is 19.4. The lowest BCUT2D eigenvalue weighted by Crippen LogP contribution is -2.49. The molecule has 0 saturated carbocycles. The molecule has 3 amide bonds. The van der Waals surface area contributed by atoms with Gasteiger partial charge in [-0.1, -0.05) is 115 Å². The van der Waals surface area contributed by atoms with Crippen LogP contribution in [0.3, 0.4) is 0 Å². The first-order valence-electron chi connectivity index (χ1n) is 35.1. The lowest BCUT2D eigenvalue weighted by atomic mass is 10.0. The van der Waals surface area contributed by atoms with E-state index in [2.05, 4.69) is 39.1 Å². The van der Waals surface area contributed by atoms with Gasteiger partial charge in [-0.3, -0.25) is 33.8 Å². The molecule has 15 rings (SSSR count). The lowest BCUT2D eigenvalue weighted by Gasteiger charge is -2.37. The van der Waals surface area contributed by atoms with Gasteiger partial charge in [-0.2, -0.15) is 0 Å². The van der Waals surface area contributed by atoms with E-state index in [1.54, 1.807) is 73.8 Å². The van der Waals surface area contributed by atoms with Gasteiger partial charge in [0.15, 0.2) is 0 Å². The number of carbonyl (C=O) groups is 6. The van der Waals surface area contributed by atoms with Crippen molar-refractivity contribution in [3.63, 3.8) is 0 Å². The van der Waals surface area contributed by atoms with Crippen LogP contribution in [0.5, 0.6) is 0 Å². The molecular weight excluding hydrogens is 1350 g/mol. The molecule has 6 aromatic heterocycles. The number of ether oxygens (including phenoxy) is 3. The van der Waals surface area contributed by atoms with Crippen molar-refractivity contribution in [3.8, 4) is 0 Å². The van der Waals surface area contributed by atoms with Crippen LogP contribution in [0.4, 0.5) is 17.1 Å². The Kier molecular flexibility index (Phi) is 21.4. The van der Waals surface area contributed by atoms with Crippen molar-refractivity contribution in [2.75, 3.05) is 113 Å². The molecule has 9 heterocycles. The van der Waals surface area contributed by atoms with Crippen LogP contribution in [0.2, 0.25) is 0 Å². The first-order chi connectivity index (χ1) is 51.1. The number of esters is 3. The molecule has 3 aliphatic heterocycles. The van der Waals surface area contributed by atoms with Crippen LogP contribution in [0, 0.1) is 0 Å². The Morgan fingerprint density at radius 1 is 0.429 bits per heavy atom. The summed E-state index contributed by atoms with van der Waals surface area (Å²) in [6.07, 6.45) is 3.20. The van der Waals surface area contributed by atoms with Gasteiger partial charge >= 0.3 is 17.9 Å². The fourth-order valence-corrected chi connectivity index (χ4v) is 14.9. The van der Waals surface area contributed by atoms with Gasteiger partial charge in [-0.05, 0) is 97.1 Å². The molecule has 0 bridgehead atoms. The summed E-state index contributed by atoms with van der Waals surface area (Å²) >= 11 is 1.43. The van der Waals surface area contributed by atoms with E-state index in [9.17, 15) is 43.2 Å². The molecule has 3 saturated heterocycles. The number of H-pyrrole nitrogens is 1. The van der Waals surface area contributed by atoms with Crippen LogP contribution in [0.1, 0.15) is 87.9 Å². The number of hydrogen-bond donors (Lipinski definition) is 1. The highest BCUT2D eigenvalue weighted by Gasteiger charge is 2.34. The zero-order valence-corrected chi connectivity index (χ0v) is 59.8. The number of thiophene rings is 1. The number of amides is 3. The summed E-state index contributed by atoms with van der Waals surface area (Å²) in [6.45, 7) is 11.9. The number of piperazine rings is 3. The first kappa shape index (κ1) is 71.2. The number of carbonyl (C=O) groups excluding carboxylic acids is 6. The zero-order chi connectivity index (χ0) is 73.4. The SMILES string of the molecule is CCOC(=O)c1c(N2CCN(C(=O)c3cc4ccccc4[nH]3)CC2)c2ccccc2n(C)c1=O.CCOC(=O)c1c(N2CCN(C(=O)c3cccs3)CC2)c2ccccc2n(Cc2ccc3ccccc3c2)c1=O.CCOC(=O)c1c(N2CCN(C(=O)c3ccncc3)CC2)c2ccccc2n(C)c1=O. The summed E-state index contributed by atoms with van der Waals surface area (Å²) in [5.74, 6) is -1.98. The molecule has 1 N–H and O–H groups in total. The number of nitrogens with one attached hydrogen (secondary N) is 1. The Labute approximate surface area is 608 Å². The fraction of sp³-hybridized carbons (Fsp3) is 0.259. The van der Waals surface area contributed by atoms with Crippen LogP contribution in [-0.2, 0) is 34.9 Å². The van der Waals surface area contributed by atoms with Gasteiger partial charge in [0.25, 0.3) is 34.4 Å². The topological polar surface area (TPSA) is 244 Å². The molecule has 0 spiro atoms. The van der Waals surface area contributed by atoms with E-state index in [0.717, 1.165) is 59.9 Å². The van der Waals surface area contributed by atoms with Crippen molar-refractivity contribution in [3.05, 3.63) is 257 Å². The number of anilines is 3. The van der Waals surface area contributed by atoms with Crippen molar-refractivity contribution >= 4 is 118 Å². The van der Waals surface area contributed by atoms with E-state index in [4.69, 9.17) is 14.2 Å². The molecule has 3 fully saturated rings. The maximum atomic E-state index is 14.1. The third-order valence-corrected chi connectivity index (χ3v) is 20.2. The monoisotopic (exact) mass is 1430 g/mol. The predicted octanol–water partition coefficient (Wildman–Crippen LogP) is 10.6. The van der Waals surface area contributed by atoms with E-state index in [1.807, 2.05) is 154 Å². The van der Waals surface area contributed by atoms with Crippen molar-refractivity contribution in [1.29, 1.82) is 0 Å². The van der Waals surface area contributed by atoms with Crippen LogP contribution in [0.25, 0.3) is 54.4 Å². The number of para-hydroxylation sites is 4. The zero-order valence-electron chi connectivity index (χ0n) is 59.0. The molecule has 0 atom stereocenters. The quantitative estimate of drug-likeness (QED) is 0.0786. The summed E-state index contributed by atoms with van der Waals surface area (Å²) in [4.78, 5) is 137. The minimum Gasteiger partial charge on any atom is -0.462 e. The van der Waals surface area contributed by atoms with Crippen LogP contribution in [-0.4, -0.2) is 172 Å². The second-order valence-corrected chi connectivity index (χ2v) is 26.5. The minimum absolute atomic E-state index is 0.0101. The molecule has 0 unspecified atom stereocenters. The third kappa shape index (κ3) is 14.5. The Balaban J connectivity index is 0.000000141. The Morgan fingerprint density at radius 3 is 1.34 bits per heavy atom. The average molecular weight is 1430 g/mol. The highest BCUT2D eigenvalue weighted by Crippen LogP contribution is 2.35. The number of rotatable bonds is 14. The van der Waals surface area contributed by atoms with Crippen molar-refractivity contribution < 1.29 is 43.0 Å². The van der Waals surface area contributed by atoms with E-state index in [-0.39, 0.29) is 70.9 Å². The number of aryl methyl sites for hydroxylation is 2. The molecule has 12 aromatic rings. The molecule has 6 aromatic carbocycles. The number of fused-ring (bicyclic) bond motifs is 5. The van der Waals surface area contributed by atoms with Crippen molar-refractivity contribution in [2.45, 2.75) is 27.3 Å². The number of aromatic nitrogens is 5. The number of aromatic amines is 1. The van der Waals surface area contributed by atoms with E-state index in [0.29, 0.717) is 118 Å². The second-order valence-electron chi connectivity index (χ2n) is 25.5. The molecule has 105 heavy (non-hydrogen) atoms. The molecule has 536 valence electrons. The van der Waals surface area contributed by atoms with Crippen LogP contribution in [0.15, 0.2) is 202 Å². The van der Waals surface area contributed by atoms with Crippen molar-refractivity contribution in [2.24, 2.45) is 14.1 Å². The minimum atomic E-state index is -0.627. The van der Waals surface area contributed by atoms with Gasteiger partial charge in [-0.15, -0.1) is 11.3 Å². The summed E-state index contributed by atoms with van der Waals surface area (Å²) in [5.41, 5.74) is 5.98. The van der Waals surface area contributed by atoms with Gasteiger partial charge in [-0.25, -0.2) is 14.4 Å². The number of nitrogens with zero attached hydrogens (tertiary/aromatic N) is 10. The number of pyridine rings is 4. The number of benzene rings is 6. The average Bonchev–Trinajstić information content (AvgIpc) is 1.23. The van der Waals surface area contributed by atoms with Gasteiger partial charge < -0.3 is 62.3 Å². The van der Waals surface area contributed by atoms with Crippen molar-refractivity contribution in [1.82, 2.24) is 38.4 Å². The molecule has 24 heteroatoms. The van der Waals surface area contributed by atoms with E-state index < -0.39 is 17.9 Å². The largest absolute Gasteiger partial charge is 0.462 e. The van der Waals surface area contributed by atoms with Gasteiger partial charge in [0.1, 0.15) is 22.4 Å². The smallest absolute Gasteiger partial charge is 0.345 e. The first-order valence-corrected chi connectivity index (χ1v) is 36.0. The summed E-state index contributed by atoms with van der Waals surface area (Å²) in [7, 11) is 3.32. The highest BCUT2D eigenvalue weighted by atomic mass is 32.1. The normalized spacial score (nSPS) is 13.9. The Hall–Kier alpha value is -12.2. The molecule has 0 radical (unpaired) electrons.